The quantitative estimate of drug-likeness (QED) is 0.666. The van der Waals surface area contributed by atoms with Gasteiger partial charge in [0.15, 0.2) is 0 Å². The van der Waals surface area contributed by atoms with Gasteiger partial charge < -0.3 is 4.74 Å². The Morgan fingerprint density at radius 2 is 1.43 bits per heavy atom. The second-order valence-electron chi connectivity index (χ2n) is 4.69. The SMILES string of the molecule is Fc1ccc(C(Oc2[c]cccc2)c2ccccc2)cc1. The van der Waals surface area contributed by atoms with Crippen molar-refractivity contribution in [2.24, 2.45) is 0 Å². The zero-order chi connectivity index (χ0) is 14.5. The molecule has 0 N–H and O–H groups in total. The first-order valence-electron chi connectivity index (χ1n) is 6.77. The fourth-order valence-corrected chi connectivity index (χ4v) is 2.17. The molecular weight excluding hydrogens is 263 g/mol. The van der Waals surface area contributed by atoms with Crippen molar-refractivity contribution >= 4 is 0 Å². The van der Waals surface area contributed by atoms with Crippen LogP contribution in [0, 0.1) is 11.9 Å². The lowest BCUT2D eigenvalue weighted by Gasteiger charge is -2.20. The van der Waals surface area contributed by atoms with Gasteiger partial charge in [-0.1, -0.05) is 60.7 Å². The molecule has 0 aliphatic carbocycles. The lowest BCUT2D eigenvalue weighted by Crippen LogP contribution is -2.09. The molecular formula is C19H14FO. The standard InChI is InChI=1S/C19H14FO/c20-17-13-11-16(12-14-17)19(15-7-3-1-4-8-15)21-18-9-5-2-6-10-18/h1-9,11-14,19H. The lowest BCUT2D eigenvalue weighted by atomic mass is 10.0. The highest BCUT2D eigenvalue weighted by molar-refractivity contribution is 5.32. The van der Waals surface area contributed by atoms with E-state index >= 15 is 0 Å². The van der Waals surface area contributed by atoms with E-state index in [9.17, 15) is 4.39 Å². The summed E-state index contributed by atoms with van der Waals surface area (Å²) >= 11 is 0. The molecule has 0 spiro atoms. The molecule has 3 aromatic rings. The molecule has 0 bridgehead atoms. The first-order valence-corrected chi connectivity index (χ1v) is 6.77. The van der Waals surface area contributed by atoms with Gasteiger partial charge in [0.05, 0.1) is 0 Å². The summed E-state index contributed by atoms with van der Waals surface area (Å²) in [7, 11) is 0. The highest BCUT2D eigenvalue weighted by atomic mass is 19.1. The lowest BCUT2D eigenvalue weighted by molar-refractivity contribution is 0.246. The molecule has 3 rings (SSSR count). The van der Waals surface area contributed by atoms with Crippen LogP contribution in [0.3, 0.4) is 0 Å². The van der Waals surface area contributed by atoms with E-state index in [-0.39, 0.29) is 11.9 Å². The van der Waals surface area contributed by atoms with E-state index in [1.54, 1.807) is 12.1 Å². The van der Waals surface area contributed by atoms with Gasteiger partial charge in [0.25, 0.3) is 0 Å². The third-order valence-corrected chi connectivity index (χ3v) is 3.20. The minimum absolute atomic E-state index is 0.253. The van der Waals surface area contributed by atoms with Gasteiger partial charge in [0.2, 0.25) is 0 Å². The predicted octanol–water partition coefficient (Wildman–Crippen LogP) is 4.79. The first kappa shape index (κ1) is 13.4. The zero-order valence-corrected chi connectivity index (χ0v) is 11.4. The molecule has 0 saturated heterocycles. The summed E-state index contributed by atoms with van der Waals surface area (Å²) in [4.78, 5) is 0. The molecule has 2 heteroatoms. The van der Waals surface area contributed by atoms with Gasteiger partial charge in [-0.2, -0.15) is 0 Å². The van der Waals surface area contributed by atoms with E-state index in [2.05, 4.69) is 6.07 Å². The van der Waals surface area contributed by atoms with E-state index in [0.717, 1.165) is 11.1 Å². The fraction of sp³-hybridized carbons (Fsp3) is 0.0526. The molecule has 0 heterocycles. The Morgan fingerprint density at radius 3 is 2.10 bits per heavy atom. The summed E-state index contributed by atoms with van der Waals surface area (Å²) < 4.78 is 19.2. The van der Waals surface area contributed by atoms with Crippen LogP contribution in [0.1, 0.15) is 17.2 Å². The highest BCUT2D eigenvalue weighted by Crippen LogP contribution is 2.28. The van der Waals surface area contributed by atoms with Crippen molar-refractivity contribution in [3.8, 4) is 5.75 Å². The maximum atomic E-state index is 13.1. The van der Waals surface area contributed by atoms with Crippen LogP contribution < -0.4 is 4.74 Å². The minimum atomic E-state index is -0.287. The van der Waals surface area contributed by atoms with Gasteiger partial charge in [0, 0.05) is 6.07 Å². The molecule has 1 atom stereocenters. The van der Waals surface area contributed by atoms with E-state index < -0.39 is 0 Å². The summed E-state index contributed by atoms with van der Waals surface area (Å²) in [5.74, 6) is 0.410. The molecule has 21 heavy (non-hydrogen) atoms. The normalized spacial score (nSPS) is 11.9. The third kappa shape index (κ3) is 3.29. The zero-order valence-electron chi connectivity index (χ0n) is 11.4. The van der Waals surface area contributed by atoms with Gasteiger partial charge in [-0.15, -0.1) is 0 Å². The fourth-order valence-electron chi connectivity index (χ4n) is 2.17. The van der Waals surface area contributed by atoms with Crippen LogP contribution in [0.2, 0.25) is 0 Å². The number of para-hydroxylation sites is 1. The predicted molar refractivity (Wildman–Crippen MR) is 80.6 cm³/mol. The van der Waals surface area contributed by atoms with Crippen molar-refractivity contribution in [1.82, 2.24) is 0 Å². The maximum Gasteiger partial charge on any atom is 0.149 e. The maximum absolute atomic E-state index is 13.1. The molecule has 0 aliphatic heterocycles. The van der Waals surface area contributed by atoms with Gasteiger partial charge in [-0.3, -0.25) is 0 Å². The van der Waals surface area contributed by atoms with Crippen molar-refractivity contribution in [3.63, 3.8) is 0 Å². The number of benzene rings is 3. The summed E-state index contributed by atoms with van der Waals surface area (Å²) in [6.07, 6.45) is -0.287. The number of ether oxygens (including phenoxy) is 1. The second-order valence-corrected chi connectivity index (χ2v) is 4.69. The minimum Gasteiger partial charge on any atom is -0.480 e. The van der Waals surface area contributed by atoms with Crippen LogP contribution in [0.4, 0.5) is 4.39 Å². The number of hydrogen-bond acceptors (Lipinski definition) is 1. The second kappa shape index (κ2) is 6.23. The molecule has 0 aromatic heterocycles. The molecule has 0 amide bonds. The van der Waals surface area contributed by atoms with Crippen molar-refractivity contribution < 1.29 is 9.13 Å². The molecule has 103 valence electrons. The van der Waals surface area contributed by atoms with Crippen LogP contribution >= 0.6 is 0 Å². The summed E-state index contributed by atoms with van der Waals surface area (Å²) in [6, 6.07) is 26.8. The van der Waals surface area contributed by atoms with Crippen molar-refractivity contribution in [3.05, 3.63) is 102 Å². The average Bonchev–Trinajstić information content (AvgIpc) is 2.55. The van der Waals surface area contributed by atoms with E-state index in [0.29, 0.717) is 5.75 Å². The third-order valence-electron chi connectivity index (χ3n) is 3.20. The molecule has 0 saturated carbocycles. The van der Waals surface area contributed by atoms with Crippen molar-refractivity contribution in [1.29, 1.82) is 0 Å². The van der Waals surface area contributed by atoms with Gasteiger partial charge in [0.1, 0.15) is 17.7 Å². The van der Waals surface area contributed by atoms with Crippen molar-refractivity contribution in [2.45, 2.75) is 6.10 Å². The first-order chi connectivity index (χ1) is 10.3. The molecule has 3 aromatic carbocycles. The topological polar surface area (TPSA) is 9.23 Å². The number of halogens is 1. The Bertz CT molecular complexity index is 678. The van der Waals surface area contributed by atoms with Gasteiger partial charge in [-0.25, -0.2) is 4.39 Å². The monoisotopic (exact) mass is 277 g/mol. The Hall–Kier alpha value is -2.61. The van der Waals surface area contributed by atoms with Crippen LogP contribution in [-0.2, 0) is 0 Å². The van der Waals surface area contributed by atoms with Gasteiger partial charge >= 0.3 is 0 Å². The van der Waals surface area contributed by atoms with Gasteiger partial charge in [-0.05, 0) is 29.3 Å². The van der Waals surface area contributed by atoms with E-state index in [1.807, 2.05) is 54.6 Å². The van der Waals surface area contributed by atoms with Crippen LogP contribution in [0.5, 0.6) is 5.75 Å². The number of rotatable bonds is 4. The Balaban J connectivity index is 1.97. The summed E-state index contributed by atoms with van der Waals surface area (Å²) in [5, 5.41) is 0. The number of hydrogen-bond donors (Lipinski definition) is 0. The Morgan fingerprint density at radius 1 is 0.762 bits per heavy atom. The summed E-state index contributed by atoms with van der Waals surface area (Å²) in [6.45, 7) is 0. The Labute approximate surface area is 123 Å². The highest BCUT2D eigenvalue weighted by Gasteiger charge is 2.16. The van der Waals surface area contributed by atoms with Crippen LogP contribution in [-0.4, -0.2) is 0 Å². The average molecular weight is 277 g/mol. The van der Waals surface area contributed by atoms with E-state index in [4.69, 9.17) is 4.74 Å². The Kier molecular flexibility index (Phi) is 3.97. The molecule has 1 nitrogen and oxygen atoms in total. The van der Waals surface area contributed by atoms with Crippen molar-refractivity contribution in [2.75, 3.05) is 0 Å². The molecule has 1 radical (unpaired) electrons. The smallest absolute Gasteiger partial charge is 0.149 e. The largest absolute Gasteiger partial charge is 0.480 e. The summed E-state index contributed by atoms with van der Waals surface area (Å²) in [5.41, 5.74) is 1.92. The van der Waals surface area contributed by atoms with Crippen LogP contribution in [0.25, 0.3) is 0 Å². The van der Waals surface area contributed by atoms with E-state index in [1.165, 1.54) is 12.1 Å². The molecule has 1 unspecified atom stereocenters. The molecule has 0 aliphatic rings. The molecule has 0 fully saturated rings. The van der Waals surface area contributed by atoms with Crippen LogP contribution in [0.15, 0.2) is 78.9 Å².